The van der Waals surface area contributed by atoms with E-state index in [1.165, 1.54) is 26.4 Å². The van der Waals surface area contributed by atoms with Crippen molar-refractivity contribution in [1.82, 2.24) is 5.16 Å². The van der Waals surface area contributed by atoms with Crippen LogP contribution in [0.3, 0.4) is 0 Å². The Labute approximate surface area is 107 Å². The number of benzene rings is 1. The molecule has 0 atom stereocenters. The maximum Gasteiger partial charge on any atom is 0.374 e. The van der Waals surface area contributed by atoms with Crippen molar-refractivity contribution in [1.29, 1.82) is 0 Å². The molecular formula is C12H10FNO5. The Balaban J connectivity index is 2.53. The summed E-state index contributed by atoms with van der Waals surface area (Å²) < 4.78 is 28.6. The smallest absolute Gasteiger partial charge is 0.374 e. The van der Waals surface area contributed by atoms with Gasteiger partial charge in [-0.2, -0.15) is 0 Å². The van der Waals surface area contributed by atoms with Crippen LogP contribution in [0.1, 0.15) is 10.6 Å². The highest BCUT2D eigenvalue weighted by Crippen LogP contribution is 2.36. The monoisotopic (exact) mass is 267 g/mol. The summed E-state index contributed by atoms with van der Waals surface area (Å²) >= 11 is 0. The third kappa shape index (κ3) is 2.22. The number of carbonyl (C=O) groups is 1. The summed E-state index contributed by atoms with van der Waals surface area (Å²) in [5.41, 5.74) is 0.129. The van der Waals surface area contributed by atoms with Crippen molar-refractivity contribution in [3.63, 3.8) is 0 Å². The number of rotatable bonds is 4. The number of hydrogen-bond donors (Lipinski definition) is 1. The summed E-state index contributed by atoms with van der Waals surface area (Å²) in [7, 11) is 2.69. The Morgan fingerprint density at radius 2 is 2.11 bits per heavy atom. The lowest BCUT2D eigenvalue weighted by Gasteiger charge is -2.10. The topological polar surface area (TPSA) is 81.8 Å². The lowest BCUT2D eigenvalue weighted by atomic mass is 10.1. The summed E-state index contributed by atoms with van der Waals surface area (Å²) in [6.07, 6.45) is 0. The van der Waals surface area contributed by atoms with Gasteiger partial charge in [-0.15, -0.1) is 0 Å². The van der Waals surface area contributed by atoms with Gasteiger partial charge in [0.25, 0.3) is 0 Å². The molecule has 0 saturated carbocycles. The molecule has 0 bridgehead atoms. The molecule has 1 aromatic heterocycles. The van der Waals surface area contributed by atoms with Crippen LogP contribution in [0.2, 0.25) is 0 Å². The van der Waals surface area contributed by atoms with Crippen LogP contribution in [-0.2, 0) is 0 Å². The number of halogens is 1. The fourth-order valence-corrected chi connectivity index (χ4v) is 1.59. The average molecular weight is 267 g/mol. The minimum absolute atomic E-state index is 0.0638. The molecule has 0 saturated heterocycles. The molecule has 100 valence electrons. The molecule has 0 radical (unpaired) electrons. The second kappa shape index (κ2) is 4.97. The summed E-state index contributed by atoms with van der Waals surface area (Å²) in [6, 6.07) is 4.03. The van der Waals surface area contributed by atoms with E-state index in [9.17, 15) is 9.18 Å². The first-order valence-corrected chi connectivity index (χ1v) is 5.19. The Kier molecular flexibility index (Phi) is 3.37. The SMILES string of the molecule is COc1ccc(-c2cc(C(=O)O)on2)c(F)c1OC. The molecule has 19 heavy (non-hydrogen) atoms. The molecule has 6 nitrogen and oxygen atoms in total. The maximum atomic E-state index is 14.2. The van der Waals surface area contributed by atoms with Crippen LogP contribution in [0.5, 0.6) is 11.5 Å². The van der Waals surface area contributed by atoms with Crippen molar-refractivity contribution in [2.24, 2.45) is 0 Å². The van der Waals surface area contributed by atoms with Crippen LogP contribution < -0.4 is 9.47 Å². The molecule has 0 aliphatic carbocycles. The van der Waals surface area contributed by atoms with Gasteiger partial charge in [0, 0.05) is 11.6 Å². The minimum Gasteiger partial charge on any atom is -0.493 e. The summed E-state index contributed by atoms with van der Waals surface area (Å²) in [6.45, 7) is 0. The van der Waals surface area contributed by atoms with Crippen LogP contribution in [0, 0.1) is 5.82 Å². The van der Waals surface area contributed by atoms with Crippen molar-refractivity contribution < 1.29 is 28.3 Å². The van der Waals surface area contributed by atoms with Crippen molar-refractivity contribution >= 4 is 5.97 Å². The molecule has 7 heteroatoms. The Bertz CT molecular complexity index is 623. The third-order valence-corrected chi connectivity index (χ3v) is 2.48. The van der Waals surface area contributed by atoms with Crippen molar-refractivity contribution in [3.05, 3.63) is 29.8 Å². The number of carboxylic acids is 1. The number of aromatic nitrogens is 1. The summed E-state index contributed by atoms with van der Waals surface area (Å²) in [4.78, 5) is 10.7. The molecule has 0 fully saturated rings. The summed E-state index contributed by atoms with van der Waals surface area (Å²) in [5.74, 6) is -2.21. The molecule has 1 aromatic carbocycles. The average Bonchev–Trinajstić information content (AvgIpc) is 2.87. The fraction of sp³-hybridized carbons (Fsp3) is 0.167. The van der Waals surface area contributed by atoms with Crippen LogP contribution in [0.4, 0.5) is 4.39 Å². The van der Waals surface area contributed by atoms with Crippen LogP contribution in [0.15, 0.2) is 22.7 Å². The van der Waals surface area contributed by atoms with Crippen molar-refractivity contribution in [2.45, 2.75) is 0 Å². The normalized spacial score (nSPS) is 10.3. The van der Waals surface area contributed by atoms with E-state index in [1.807, 2.05) is 0 Å². The number of methoxy groups -OCH3 is 2. The first kappa shape index (κ1) is 12.9. The van der Waals surface area contributed by atoms with E-state index >= 15 is 0 Å². The Morgan fingerprint density at radius 3 is 2.63 bits per heavy atom. The molecule has 2 rings (SSSR count). The third-order valence-electron chi connectivity index (χ3n) is 2.48. The molecule has 0 aliphatic rings. The number of aromatic carboxylic acids is 1. The van der Waals surface area contributed by atoms with Gasteiger partial charge in [0.05, 0.1) is 14.2 Å². The van der Waals surface area contributed by atoms with Gasteiger partial charge >= 0.3 is 5.97 Å². The fourth-order valence-electron chi connectivity index (χ4n) is 1.59. The predicted molar refractivity (Wildman–Crippen MR) is 62.0 cm³/mol. The van der Waals surface area contributed by atoms with Crippen molar-refractivity contribution in [2.75, 3.05) is 14.2 Å². The lowest BCUT2D eigenvalue weighted by molar-refractivity contribution is 0.0652. The maximum absolute atomic E-state index is 14.2. The Morgan fingerprint density at radius 1 is 1.37 bits per heavy atom. The summed E-state index contributed by atoms with van der Waals surface area (Å²) in [5, 5.41) is 12.2. The molecule has 0 spiro atoms. The second-order valence-electron chi connectivity index (χ2n) is 3.54. The van der Waals surface area contributed by atoms with Gasteiger partial charge in [0.15, 0.2) is 17.3 Å². The zero-order valence-electron chi connectivity index (χ0n) is 10.1. The number of hydrogen-bond acceptors (Lipinski definition) is 5. The highest BCUT2D eigenvalue weighted by atomic mass is 19.1. The van der Waals surface area contributed by atoms with E-state index in [2.05, 4.69) is 9.68 Å². The van der Waals surface area contributed by atoms with Crippen LogP contribution in [0.25, 0.3) is 11.3 Å². The molecule has 0 amide bonds. The number of nitrogens with zero attached hydrogens (tertiary/aromatic N) is 1. The van der Waals surface area contributed by atoms with Gasteiger partial charge in [-0.25, -0.2) is 9.18 Å². The largest absolute Gasteiger partial charge is 0.493 e. The quantitative estimate of drug-likeness (QED) is 0.914. The standard InChI is InChI=1S/C12H10FNO5/c1-17-8-4-3-6(10(13)11(8)18-2)7-5-9(12(15)16)19-14-7/h3-5H,1-2H3,(H,15,16). The van der Waals surface area contributed by atoms with E-state index in [0.717, 1.165) is 6.07 Å². The van der Waals surface area contributed by atoms with Gasteiger partial charge < -0.3 is 19.1 Å². The van der Waals surface area contributed by atoms with E-state index in [-0.39, 0.29) is 28.5 Å². The molecule has 1 heterocycles. The zero-order chi connectivity index (χ0) is 14.0. The Hall–Kier alpha value is -2.57. The molecule has 1 N–H and O–H groups in total. The van der Waals surface area contributed by atoms with Crippen molar-refractivity contribution in [3.8, 4) is 22.8 Å². The zero-order valence-corrected chi connectivity index (χ0v) is 10.1. The van der Waals surface area contributed by atoms with Gasteiger partial charge in [-0.1, -0.05) is 5.16 Å². The van der Waals surface area contributed by atoms with Gasteiger partial charge in [0.2, 0.25) is 5.76 Å². The van der Waals surface area contributed by atoms with E-state index < -0.39 is 11.8 Å². The lowest BCUT2D eigenvalue weighted by Crippen LogP contribution is -1.96. The van der Waals surface area contributed by atoms with E-state index in [1.54, 1.807) is 0 Å². The van der Waals surface area contributed by atoms with Gasteiger partial charge in [-0.3, -0.25) is 0 Å². The van der Waals surface area contributed by atoms with E-state index in [0.29, 0.717) is 0 Å². The first-order valence-electron chi connectivity index (χ1n) is 5.19. The van der Waals surface area contributed by atoms with Gasteiger partial charge in [0.1, 0.15) is 5.69 Å². The van der Waals surface area contributed by atoms with Crippen LogP contribution >= 0.6 is 0 Å². The van der Waals surface area contributed by atoms with E-state index in [4.69, 9.17) is 14.6 Å². The molecule has 0 unspecified atom stereocenters. The highest BCUT2D eigenvalue weighted by Gasteiger charge is 2.20. The second-order valence-corrected chi connectivity index (χ2v) is 3.54. The van der Waals surface area contributed by atoms with Gasteiger partial charge in [-0.05, 0) is 12.1 Å². The highest BCUT2D eigenvalue weighted by molar-refractivity contribution is 5.85. The van der Waals surface area contributed by atoms with Crippen LogP contribution in [-0.4, -0.2) is 30.5 Å². The number of ether oxygens (including phenoxy) is 2. The number of carboxylic acid groups (broad SMARTS) is 1. The molecule has 0 aliphatic heterocycles. The molecule has 2 aromatic rings. The first-order chi connectivity index (χ1) is 9.08. The predicted octanol–water partition coefficient (Wildman–Crippen LogP) is 2.20. The molecular weight excluding hydrogens is 257 g/mol. The minimum atomic E-state index is -1.28.